The second-order valence-electron chi connectivity index (χ2n) is 9.44. The average Bonchev–Trinajstić information content (AvgIpc) is 2.79. The number of hydrogen-bond donors (Lipinski definition) is 2. The summed E-state index contributed by atoms with van der Waals surface area (Å²) in [6, 6.07) is 17.0. The summed E-state index contributed by atoms with van der Waals surface area (Å²) in [5, 5.41) is 18.4. The van der Waals surface area contributed by atoms with Gasteiger partial charge in [-0.15, -0.1) is 10.2 Å². The molecule has 1 fully saturated rings. The van der Waals surface area contributed by atoms with E-state index in [1.165, 1.54) is 0 Å². The standard InChI is InChI=1S/C26H31N5O3/c1-26(2,3)34-24(33)17-30-12-14-31(15-13-30)19-10-8-18(9-11-19)21-16-22(28-29-25(21)27)20-6-4-5-7-23(20)32/h4-11,16,32H,12-15,17H2,1-3H3,(H2,27,29). The molecule has 8 heteroatoms. The van der Waals surface area contributed by atoms with Gasteiger partial charge in [0.25, 0.3) is 0 Å². The number of carbonyl (C=O) groups is 1. The van der Waals surface area contributed by atoms with Gasteiger partial charge in [0.05, 0.1) is 12.2 Å². The first-order chi connectivity index (χ1) is 16.2. The first kappa shape index (κ1) is 23.5. The van der Waals surface area contributed by atoms with Crippen molar-refractivity contribution < 1.29 is 14.6 Å². The third-order valence-corrected chi connectivity index (χ3v) is 5.69. The molecule has 1 saturated heterocycles. The van der Waals surface area contributed by atoms with Crippen LogP contribution < -0.4 is 10.6 Å². The lowest BCUT2D eigenvalue weighted by molar-refractivity contribution is -0.156. The maximum Gasteiger partial charge on any atom is 0.320 e. The molecule has 4 rings (SSSR count). The van der Waals surface area contributed by atoms with Gasteiger partial charge in [-0.2, -0.15) is 0 Å². The highest BCUT2D eigenvalue weighted by Crippen LogP contribution is 2.32. The average molecular weight is 462 g/mol. The number of hydrogen-bond acceptors (Lipinski definition) is 8. The monoisotopic (exact) mass is 461 g/mol. The summed E-state index contributed by atoms with van der Waals surface area (Å²) in [6.45, 7) is 9.23. The number of benzene rings is 2. The van der Waals surface area contributed by atoms with Crippen LogP contribution in [0.3, 0.4) is 0 Å². The van der Waals surface area contributed by atoms with Gasteiger partial charge in [-0.1, -0.05) is 24.3 Å². The fraction of sp³-hybridized carbons (Fsp3) is 0.346. The Morgan fingerprint density at radius 3 is 2.32 bits per heavy atom. The number of rotatable bonds is 5. The van der Waals surface area contributed by atoms with Crippen LogP contribution in [0, 0.1) is 0 Å². The molecule has 1 aromatic heterocycles. The predicted molar refractivity (Wildman–Crippen MR) is 133 cm³/mol. The molecule has 0 spiro atoms. The van der Waals surface area contributed by atoms with E-state index in [1.54, 1.807) is 18.2 Å². The lowest BCUT2D eigenvalue weighted by atomic mass is 10.0. The molecule has 0 atom stereocenters. The van der Waals surface area contributed by atoms with E-state index in [0.717, 1.165) is 43.0 Å². The zero-order chi connectivity index (χ0) is 24.3. The van der Waals surface area contributed by atoms with Gasteiger partial charge in [-0.25, -0.2) is 0 Å². The number of nitrogens with zero attached hydrogens (tertiary/aromatic N) is 4. The Kier molecular flexibility index (Phi) is 6.70. The SMILES string of the molecule is CC(C)(C)OC(=O)CN1CCN(c2ccc(-c3cc(-c4ccccc4O)nnc3N)cc2)CC1. The third-order valence-electron chi connectivity index (χ3n) is 5.69. The summed E-state index contributed by atoms with van der Waals surface area (Å²) in [4.78, 5) is 16.5. The van der Waals surface area contributed by atoms with Crippen molar-refractivity contribution in [3.8, 4) is 28.1 Å². The zero-order valence-electron chi connectivity index (χ0n) is 19.9. The summed E-state index contributed by atoms with van der Waals surface area (Å²) in [6.07, 6.45) is 0. The number of nitrogen functional groups attached to an aromatic ring is 1. The topological polar surface area (TPSA) is 105 Å². The number of phenolic OH excluding ortho intramolecular Hbond substituents is 1. The lowest BCUT2D eigenvalue weighted by Crippen LogP contribution is -2.48. The second kappa shape index (κ2) is 9.69. The molecule has 0 bridgehead atoms. The first-order valence-corrected chi connectivity index (χ1v) is 11.4. The molecule has 0 aliphatic carbocycles. The highest BCUT2D eigenvalue weighted by atomic mass is 16.6. The Balaban J connectivity index is 1.42. The van der Waals surface area contributed by atoms with Crippen LogP contribution in [0.2, 0.25) is 0 Å². The van der Waals surface area contributed by atoms with Gasteiger partial charge in [0.1, 0.15) is 11.4 Å². The van der Waals surface area contributed by atoms with Crippen LogP contribution in [-0.2, 0) is 9.53 Å². The molecule has 2 aromatic carbocycles. The Labute approximate surface area is 200 Å². The van der Waals surface area contributed by atoms with Gasteiger partial charge >= 0.3 is 5.97 Å². The number of para-hydroxylation sites is 1. The molecule has 178 valence electrons. The van der Waals surface area contributed by atoms with Crippen molar-refractivity contribution in [2.24, 2.45) is 0 Å². The number of aromatic nitrogens is 2. The summed E-state index contributed by atoms with van der Waals surface area (Å²) in [5.74, 6) is 0.299. The second-order valence-corrected chi connectivity index (χ2v) is 9.44. The fourth-order valence-corrected chi connectivity index (χ4v) is 4.03. The van der Waals surface area contributed by atoms with Crippen molar-refractivity contribution in [2.75, 3.05) is 43.4 Å². The number of aromatic hydroxyl groups is 1. The number of carbonyl (C=O) groups excluding carboxylic acids is 1. The number of esters is 1. The molecule has 34 heavy (non-hydrogen) atoms. The van der Waals surface area contributed by atoms with Crippen LogP contribution in [0.5, 0.6) is 5.75 Å². The molecule has 0 saturated carbocycles. The van der Waals surface area contributed by atoms with Crippen LogP contribution in [0.15, 0.2) is 54.6 Å². The molecule has 2 heterocycles. The van der Waals surface area contributed by atoms with E-state index in [2.05, 4.69) is 32.1 Å². The normalized spacial score (nSPS) is 14.7. The minimum Gasteiger partial charge on any atom is -0.507 e. The van der Waals surface area contributed by atoms with E-state index in [1.807, 2.05) is 45.0 Å². The molecule has 3 N–H and O–H groups in total. The van der Waals surface area contributed by atoms with Gasteiger partial charge < -0.3 is 20.5 Å². The Morgan fingerprint density at radius 2 is 1.68 bits per heavy atom. The molecular weight excluding hydrogens is 430 g/mol. The van der Waals surface area contributed by atoms with E-state index in [-0.39, 0.29) is 11.7 Å². The number of piperazine rings is 1. The fourth-order valence-electron chi connectivity index (χ4n) is 4.03. The van der Waals surface area contributed by atoms with Crippen LogP contribution in [0.25, 0.3) is 22.4 Å². The summed E-state index contributed by atoms with van der Waals surface area (Å²) in [7, 11) is 0. The van der Waals surface area contributed by atoms with Crippen molar-refractivity contribution >= 4 is 17.5 Å². The van der Waals surface area contributed by atoms with E-state index >= 15 is 0 Å². The van der Waals surface area contributed by atoms with E-state index in [4.69, 9.17) is 10.5 Å². The Morgan fingerprint density at radius 1 is 1.00 bits per heavy atom. The van der Waals surface area contributed by atoms with Gasteiger partial charge in [-0.05, 0) is 56.7 Å². The maximum atomic E-state index is 12.1. The molecule has 1 aliphatic heterocycles. The summed E-state index contributed by atoms with van der Waals surface area (Å²) >= 11 is 0. The highest BCUT2D eigenvalue weighted by Gasteiger charge is 2.23. The van der Waals surface area contributed by atoms with Crippen LogP contribution in [0.1, 0.15) is 20.8 Å². The summed E-state index contributed by atoms with van der Waals surface area (Å²) < 4.78 is 5.43. The maximum absolute atomic E-state index is 12.1. The molecular formula is C26H31N5O3. The van der Waals surface area contributed by atoms with E-state index < -0.39 is 5.60 Å². The number of ether oxygens (including phenoxy) is 1. The third kappa shape index (κ3) is 5.63. The zero-order valence-corrected chi connectivity index (χ0v) is 19.9. The van der Waals surface area contributed by atoms with Gasteiger partial charge in [0.15, 0.2) is 5.82 Å². The largest absolute Gasteiger partial charge is 0.507 e. The molecule has 0 amide bonds. The predicted octanol–water partition coefficient (Wildman–Crippen LogP) is 3.56. The van der Waals surface area contributed by atoms with Crippen molar-refractivity contribution in [2.45, 2.75) is 26.4 Å². The van der Waals surface area contributed by atoms with Gasteiger partial charge in [-0.3, -0.25) is 9.69 Å². The molecule has 1 aliphatic rings. The lowest BCUT2D eigenvalue weighted by Gasteiger charge is -2.36. The Hall–Kier alpha value is -3.65. The van der Waals surface area contributed by atoms with E-state index in [0.29, 0.717) is 23.6 Å². The smallest absolute Gasteiger partial charge is 0.320 e. The summed E-state index contributed by atoms with van der Waals surface area (Å²) in [5.41, 5.74) is 9.64. The van der Waals surface area contributed by atoms with Crippen molar-refractivity contribution in [3.63, 3.8) is 0 Å². The van der Waals surface area contributed by atoms with Crippen molar-refractivity contribution in [1.29, 1.82) is 0 Å². The first-order valence-electron chi connectivity index (χ1n) is 11.4. The number of anilines is 2. The molecule has 8 nitrogen and oxygen atoms in total. The Bertz CT molecular complexity index is 1150. The van der Waals surface area contributed by atoms with Crippen molar-refractivity contribution in [3.05, 3.63) is 54.6 Å². The van der Waals surface area contributed by atoms with Crippen LogP contribution in [0.4, 0.5) is 11.5 Å². The number of phenols is 1. The molecule has 3 aromatic rings. The van der Waals surface area contributed by atoms with Crippen LogP contribution >= 0.6 is 0 Å². The quantitative estimate of drug-likeness (QED) is 0.556. The highest BCUT2D eigenvalue weighted by molar-refractivity contribution is 5.79. The van der Waals surface area contributed by atoms with Crippen molar-refractivity contribution in [1.82, 2.24) is 15.1 Å². The van der Waals surface area contributed by atoms with Gasteiger partial charge in [0, 0.05) is 43.0 Å². The minimum absolute atomic E-state index is 0.147. The number of nitrogens with two attached hydrogens (primary N) is 1. The van der Waals surface area contributed by atoms with Gasteiger partial charge in [0.2, 0.25) is 0 Å². The van der Waals surface area contributed by atoms with Crippen LogP contribution in [-0.4, -0.2) is 64.5 Å². The minimum atomic E-state index is -0.462. The van der Waals surface area contributed by atoms with E-state index in [9.17, 15) is 9.90 Å². The molecule has 0 radical (unpaired) electrons. The molecule has 0 unspecified atom stereocenters.